The summed E-state index contributed by atoms with van der Waals surface area (Å²) in [6, 6.07) is -0.303. The van der Waals surface area contributed by atoms with Crippen molar-refractivity contribution in [3.8, 4) is 0 Å². The van der Waals surface area contributed by atoms with Gasteiger partial charge in [-0.3, -0.25) is 4.79 Å². The van der Waals surface area contributed by atoms with Gasteiger partial charge in [0.15, 0.2) is 0 Å². The first-order valence-electron chi connectivity index (χ1n) is 7.71. The zero-order valence-corrected chi connectivity index (χ0v) is 14.2. The fourth-order valence-electron chi connectivity index (χ4n) is 3.84. The minimum Gasteiger partial charge on any atom is -0.480 e. The Morgan fingerprint density at radius 1 is 1.19 bits per heavy atom. The molecule has 0 heterocycles. The maximum Gasteiger partial charge on any atom is 0.323 e. The van der Waals surface area contributed by atoms with Gasteiger partial charge in [-0.15, -0.1) is 0 Å². The maximum absolute atomic E-state index is 12.4. The molecule has 5 heteroatoms. The van der Waals surface area contributed by atoms with Crippen molar-refractivity contribution in [2.75, 3.05) is 6.54 Å². The molecule has 2 amide bonds. The zero-order valence-electron chi connectivity index (χ0n) is 14.2. The van der Waals surface area contributed by atoms with Gasteiger partial charge in [0, 0.05) is 12.1 Å². The second kappa shape index (κ2) is 6.24. The van der Waals surface area contributed by atoms with Gasteiger partial charge in [0.05, 0.1) is 0 Å². The summed E-state index contributed by atoms with van der Waals surface area (Å²) in [4.78, 5) is 24.6. The van der Waals surface area contributed by atoms with Crippen LogP contribution in [0.1, 0.15) is 60.8 Å². The van der Waals surface area contributed by atoms with Gasteiger partial charge in [-0.25, -0.2) is 4.79 Å². The fraction of sp³-hybridized carbons (Fsp3) is 0.875. The molecule has 0 aromatic carbocycles. The van der Waals surface area contributed by atoms with Crippen molar-refractivity contribution in [3.63, 3.8) is 0 Å². The second-order valence-corrected chi connectivity index (χ2v) is 8.18. The standard InChI is InChI=1S/C16H30N2O3/c1-11(2)18(9-13(19)20)14(21)17-12-7-15(3,4)10-16(5,6)8-12/h11-12H,7-10H2,1-6H3,(H,17,21)(H,19,20). The predicted octanol–water partition coefficient (Wildman–Crippen LogP) is 3.10. The molecular weight excluding hydrogens is 268 g/mol. The van der Waals surface area contributed by atoms with Crippen molar-refractivity contribution in [3.05, 3.63) is 0 Å². The van der Waals surface area contributed by atoms with Gasteiger partial charge in [-0.05, 0) is 43.9 Å². The Labute approximate surface area is 128 Å². The summed E-state index contributed by atoms with van der Waals surface area (Å²) in [6.45, 7) is 12.3. The number of hydrogen-bond donors (Lipinski definition) is 2. The van der Waals surface area contributed by atoms with Gasteiger partial charge < -0.3 is 15.3 Å². The number of carboxylic acids is 1. The van der Waals surface area contributed by atoms with E-state index < -0.39 is 5.97 Å². The van der Waals surface area contributed by atoms with E-state index in [0.717, 1.165) is 19.3 Å². The van der Waals surface area contributed by atoms with E-state index in [1.807, 2.05) is 13.8 Å². The van der Waals surface area contributed by atoms with Crippen LogP contribution in [0.25, 0.3) is 0 Å². The third-order valence-electron chi connectivity index (χ3n) is 4.07. The number of nitrogens with one attached hydrogen (secondary N) is 1. The number of carbonyl (C=O) groups excluding carboxylic acids is 1. The highest BCUT2D eigenvalue weighted by Crippen LogP contribution is 2.45. The molecule has 0 unspecified atom stereocenters. The molecule has 1 saturated carbocycles. The molecule has 1 rings (SSSR count). The number of nitrogens with zero attached hydrogens (tertiary/aromatic N) is 1. The molecule has 1 fully saturated rings. The number of amides is 2. The van der Waals surface area contributed by atoms with E-state index in [9.17, 15) is 9.59 Å². The SMILES string of the molecule is CC(C)N(CC(=O)O)C(=O)NC1CC(C)(C)CC(C)(C)C1. The monoisotopic (exact) mass is 298 g/mol. The van der Waals surface area contributed by atoms with Crippen molar-refractivity contribution >= 4 is 12.0 Å². The van der Waals surface area contributed by atoms with E-state index in [1.54, 1.807) is 0 Å². The molecule has 0 atom stereocenters. The Kier molecular flexibility index (Phi) is 5.29. The molecule has 0 saturated heterocycles. The van der Waals surface area contributed by atoms with Gasteiger partial charge >= 0.3 is 12.0 Å². The Morgan fingerprint density at radius 2 is 1.67 bits per heavy atom. The molecule has 0 aliphatic heterocycles. The molecule has 1 aliphatic carbocycles. The van der Waals surface area contributed by atoms with Crippen LogP contribution >= 0.6 is 0 Å². The number of carbonyl (C=O) groups is 2. The summed E-state index contributed by atoms with van der Waals surface area (Å²) in [5, 5.41) is 12.0. The minimum absolute atomic E-state index is 0.103. The van der Waals surface area contributed by atoms with Gasteiger partial charge in [-0.1, -0.05) is 27.7 Å². The average Bonchev–Trinajstić information content (AvgIpc) is 2.20. The van der Waals surface area contributed by atoms with E-state index in [0.29, 0.717) is 0 Å². The Hall–Kier alpha value is -1.26. The number of urea groups is 1. The molecule has 0 spiro atoms. The van der Waals surface area contributed by atoms with E-state index >= 15 is 0 Å². The van der Waals surface area contributed by atoms with Crippen LogP contribution in [-0.2, 0) is 4.79 Å². The minimum atomic E-state index is -0.983. The van der Waals surface area contributed by atoms with Crippen LogP contribution in [0.4, 0.5) is 4.79 Å². The van der Waals surface area contributed by atoms with E-state index in [2.05, 4.69) is 33.0 Å². The molecule has 0 aromatic rings. The summed E-state index contributed by atoms with van der Waals surface area (Å²) < 4.78 is 0. The van der Waals surface area contributed by atoms with Crippen molar-refractivity contribution in [2.24, 2.45) is 10.8 Å². The second-order valence-electron chi connectivity index (χ2n) is 8.18. The van der Waals surface area contributed by atoms with E-state index in [4.69, 9.17) is 5.11 Å². The first kappa shape index (κ1) is 17.8. The molecule has 0 aromatic heterocycles. The highest BCUT2D eigenvalue weighted by atomic mass is 16.4. The van der Waals surface area contributed by atoms with Crippen LogP contribution in [-0.4, -0.2) is 40.6 Å². The van der Waals surface area contributed by atoms with Crippen molar-refractivity contribution in [2.45, 2.75) is 72.9 Å². The maximum atomic E-state index is 12.4. The molecule has 1 aliphatic rings. The van der Waals surface area contributed by atoms with Crippen molar-refractivity contribution < 1.29 is 14.7 Å². The fourth-order valence-corrected chi connectivity index (χ4v) is 3.84. The Bertz CT molecular complexity index is 386. The third-order valence-corrected chi connectivity index (χ3v) is 4.07. The van der Waals surface area contributed by atoms with Crippen LogP contribution in [0.15, 0.2) is 0 Å². The molecule has 21 heavy (non-hydrogen) atoms. The number of hydrogen-bond acceptors (Lipinski definition) is 2. The smallest absolute Gasteiger partial charge is 0.323 e. The summed E-state index contributed by atoms with van der Waals surface area (Å²) >= 11 is 0. The quantitative estimate of drug-likeness (QED) is 0.838. The summed E-state index contributed by atoms with van der Waals surface area (Å²) in [6.07, 6.45) is 3.00. The third kappa shape index (κ3) is 5.56. The summed E-state index contributed by atoms with van der Waals surface area (Å²) in [5.74, 6) is -0.983. The lowest BCUT2D eigenvalue weighted by Gasteiger charge is -2.45. The van der Waals surface area contributed by atoms with Gasteiger partial charge in [-0.2, -0.15) is 0 Å². The molecule has 2 N–H and O–H groups in total. The van der Waals surface area contributed by atoms with E-state index in [1.165, 1.54) is 4.90 Å². The normalized spacial score (nSPS) is 21.1. The topological polar surface area (TPSA) is 69.6 Å². The predicted molar refractivity (Wildman–Crippen MR) is 83.2 cm³/mol. The largest absolute Gasteiger partial charge is 0.480 e. The lowest BCUT2D eigenvalue weighted by atomic mass is 9.63. The summed E-state index contributed by atoms with van der Waals surface area (Å²) in [5.41, 5.74) is 0.379. The molecular formula is C16H30N2O3. The van der Waals surface area contributed by atoms with Gasteiger partial charge in [0.25, 0.3) is 0 Å². The van der Waals surface area contributed by atoms with Crippen molar-refractivity contribution in [1.29, 1.82) is 0 Å². The Morgan fingerprint density at radius 3 is 2.05 bits per heavy atom. The molecule has 0 bridgehead atoms. The highest BCUT2D eigenvalue weighted by molar-refractivity contribution is 5.80. The van der Waals surface area contributed by atoms with Gasteiger partial charge in [0.2, 0.25) is 0 Å². The highest BCUT2D eigenvalue weighted by Gasteiger charge is 2.39. The Balaban J connectivity index is 2.74. The lowest BCUT2D eigenvalue weighted by molar-refractivity contribution is -0.138. The number of carboxylic acid groups (broad SMARTS) is 1. The molecule has 0 radical (unpaired) electrons. The molecule has 5 nitrogen and oxygen atoms in total. The van der Waals surface area contributed by atoms with Crippen LogP contribution in [0, 0.1) is 10.8 Å². The van der Waals surface area contributed by atoms with Crippen LogP contribution in [0.3, 0.4) is 0 Å². The van der Waals surface area contributed by atoms with Crippen LogP contribution in [0.2, 0.25) is 0 Å². The molecule has 122 valence electrons. The zero-order chi connectivity index (χ0) is 16.4. The van der Waals surface area contributed by atoms with Crippen molar-refractivity contribution in [1.82, 2.24) is 10.2 Å². The van der Waals surface area contributed by atoms with Crippen LogP contribution in [0.5, 0.6) is 0 Å². The average molecular weight is 298 g/mol. The number of aliphatic carboxylic acids is 1. The number of rotatable bonds is 4. The van der Waals surface area contributed by atoms with Gasteiger partial charge in [0.1, 0.15) is 6.54 Å². The lowest BCUT2D eigenvalue weighted by Crippen LogP contribution is -2.52. The first-order valence-corrected chi connectivity index (χ1v) is 7.71. The van der Waals surface area contributed by atoms with Crippen LogP contribution < -0.4 is 5.32 Å². The van der Waals surface area contributed by atoms with E-state index in [-0.39, 0.29) is 35.5 Å². The first-order chi connectivity index (χ1) is 9.42. The summed E-state index contributed by atoms with van der Waals surface area (Å²) in [7, 11) is 0.